The minimum Gasteiger partial charge on any atom is -0.465 e. The van der Waals surface area contributed by atoms with E-state index in [1.807, 2.05) is 4.90 Å². The van der Waals surface area contributed by atoms with Gasteiger partial charge in [-0.3, -0.25) is 9.97 Å². The molecule has 0 saturated carbocycles. The van der Waals surface area contributed by atoms with Crippen molar-refractivity contribution in [2.24, 2.45) is 0 Å². The number of aromatic nitrogens is 2. The monoisotopic (exact) mass is 481 g/mol. The van der Waals surface area contributed by atoms with Crippen LogP contribution in [0.4, 0.5) is 19.3 Å². The lowest BCUT2D eigenvalue weighted by molar-refractivity contribution is 0.129. The molecular formula is C27H17F2N5O2. The molecule has 2 aromatic heterocycles. The smallest absolute Gasteiger partial charge is 0.407 e. The van der Waals surface area contributed by atoms with E-state index in [0.717, 1.165) is 0 Å². The summed E-state index contributed by atoms with van der Waals surface area (Å²) in [5, 5.41) is 20.5. The fourth-order valence-electron chi connectivity index (χ4n) is 5.50. The highest BCUT2D eigenvalue weighted by Gasteiger charge is 2.50. The summed E-state index contributed by atoms with van der Waals surface area (Å²) in [6, 6.07) is 9.78. The van der Waals surface area contributed by atoms with Crippen LogP contribution in [-0.2, 0) is 0 Å². The van der Waals surface area contributed by atoms with Gasteiger partial charge in [-0.1, -0.05) is 30.2 Å². The van der Waals surface area contributed by atoms with Crippen LogP contribution in [0.25, 0.3) is 32.9 Å². The van der Waals surface area contributed by atoms with Gasteiger partial charge < -0.3 is 14.9 Å². The van der Waals surface area contributed by atoms with Crippen LogP contribution in [0.15, 0.2) is 42.7 Å². The summed E-state index contributed by atoms with van der Waals surface area (Å²) >= 11 is 0. The van der Waals surface area contributed by atoms with Crippen molar-refractivity contribution in [3.8, 4) is 29.7 Å². The summed E-state index contributed by atoms with van der Waals surface area (Å²) in [4.78, 5) is 23.4. The zero-order valence-electron chi connectivity index (χ0n) is 18.7. The molecule has 4 heterocycles. The minimum absolute atomic E-state index is 0.0150. The maximum atomic E-state index is 16.0. The molecular weight excluding hydrogens is 464 g/mol. The molecule has 1 N–H and O–H groups in total. The van der Waals surface area contributed by atoms with E-state index in [-0.39, 0.29) is 34.4 Å². The van der Waals surface area contributed by atoms with Gasteiger partial charge in [-0.2, -0.15) is 5.26 Å². The number of amides is 1. The highest BCUT2D eigenvalue weighted by molar-refractivity contribution is 6.03. The summed E-state index contributed by atoms with van der Waals surface area (Å²) in [5.41, 5.74) is 1.09. The predicted molar refractivity (Wildman–Crippen MR) is 129 cm³/mol. The Morgan fingerprint density at radius 3 is 2.75 bits per heavy atom. The van der Waals surface area contributed by atoms with Gasteiger partial charge in [0.05, 0.1) is 28.9 Å². The van der Waals surface area contributed by atoms with Gasteiger partial charge in [0, 0.05) is 41.8 Å². The molecule has 0 spiro atoms. The van der Waals surface area contributed by atoms with E-state index in [4.69, 9.17) is 6.42 Å². The number of carbonyl (C=O) groups is 1. The van der Waals surface area contributed by atoms with Crippen molar-refractivity contribution in [1.29, 1.82) is 5.26 Å². The van der Waals surface area contributed by atoms with Crippen LogP contribution in [0.3, 0.4) is 0 Å². The standard InChI is InChI=1S/C27H17F2N5O2/c1-2-16-19(28)7-6-14-4-3-5-17(22(14)16)24-23(29)25-18(12-32-24)26(15(10-30)11-31-25)34-13-21-20(34)8-9-33(21)27(35)36/h1,3-7,11-12,20-21H,8-9,13H2,(H,35,36)/t20-,21-/m1/s1. The number of likely N-dealkylation sites (tertiary alicyclic amines) is 1. The largest absolute Gasteiger partial charge is 0.465 e. The number of nitrogens with zero attached hydrogens (tertiary/aromatic N) is 5. The first-order valence-corrected chi connectivity index (χ1v) is 11.3. The summed E-state index contributed by atoms with van der Waals surface area (Å²) in [5.74, 6) is 1.06. The molecule has 36 heavy (non-hydrogen) atoms. The maximum Gasteiger partial charge on any atom is 0.407 e. The van der Waals surface area contributed by atoms with Crippen LogP contribution in [0.5, 0.6) is 0 Å². The zero-order valence-corrected chi connectivity index (χ0v) is 18.7. The molecule has 2 saturated heterocycles. The van der Waals surface area contributed by atoms with Crippen molar-refractivity contribution in [2.45, 2.75) is 18.5 Å². The van der Waals surface area contributed by atoms with E-state index >= 15 is 4.39 Å². The highest BCUT2D eigenvalue weighted by atomic mass is 19.1. The Kier molecular flexibility index (Phi) is 4.77. The van der Waals surface area contributed by atoms with Crippen LogP contribution in [0.1, 0.15) is 17.5 Å². The van der Waals surface area contributed by atoms with Crippen LogP contribution in [0, 0.1) is 35.3 Å². The summed E-state index contributed by atoms with van der Waals surface area (Å²) < 4.78 is 30.5. The predicted octanol–water partition coefficient (Wildman–Crippen LogP) is 4.52. The molecule has 0 aliphatic carbocycles. The second-order valence-corrected chi connectivity index (χ2v) is 8.84. The number of hydrogen-bond acceptors (Lipinski definition) is 5. The molecule has 1 amide bonds. The number of rotatable bonds is 2. The summed E-state index contributed by atoms with van der Waals surface area (Å²) in [6.07, 6.45) is 7.99. The van der Waals surface area contributed by atoms with E-state index in [1.54, 1.807) is 24.3 Å². The Hall–Kier alpha value is -4.76. The van der Waals surface area contributed by atoms with Crippen LogP contribution in [0.2, 0.25) is 0 Å². The van der Waals surface area contributed by atoms with Crippen LogP contribution >= 0.6 is 0 Å². The van der Waals surface area contributed by atoms with E-state index in [0.29, 0.717) is 46.9 Å². The lowest BCUT2D eigenvalue weighted by atomic mass is 9.93. The number of carboxylic acid groups (broad SMARTS) is 1. The number of hydrogen-bond donors (Lipinski definition) is 1. The molecule has 2 atom stereocenters. The van der Waals surface area contributed by atoms with Gasteiger partial charge in [0.25, 0.3) is 0 Å². The van der Waals surface area contributed by atoms with E-state index in [2.05, 4.69) is 22.0 Å². The quantitative estimate of drug-likeness (QED) is 0.423. The molecule has 0 unspecified atom stereocenters. The number of halogens is 2. The first-order valence-electron chi connectivity index (χ1n) is 11.3. The number of pyridine rings is 2. The molecule has 2 aliphatic heterocycles. The van der Waals surface area contributed by atoms with E-state index < -0.39 is 17.7 Å². The Balaban J connectivity index is 1.53. The minimum atomic E-state index is -0.975. The molecule has 0 bridgehead atoms. The summed E-state index contributed by atoms with van der Waals surface area (Å²) in [7, 11) is 0. The maximum absolute atomic E-state index is 16.0. The Morgan fingerprint density at radius 1 is 1.17 bits per heavy atom. The van der Waals surface area contributed by atoms with Crippen molar-refractivity contribution < 1.29 is 18.7 Å². The van der Waals surface area contributed by atoms with Crippen molar-refractivity contribution >= 4 is 33.5 Å². The normalized spacial score (nSPS) is 18.6. The molecule has 7 nitrogen and oxygen atoms in total. The van der Waals surface area contributed by atoms with Gasteiger partial charge in [-0.15, -0.1) is 6.42 Å². The summed E-state index contributed by atoms with van der Waals surface area (Å²) in [6.45, 7) is 0.792. The number of benzene rings is 2. The van der Waals surface area contributed by atoms with Crippen molar-refractivity contribution in [1.82, 2.24) is 14.9 Å². The number of fused-ring (bicyclic) bond motifs is 3. The number of nitriles is 1. The van der Waals surface area contributed by atoms with E-state index in [9.17, 15) is 19.6 Å². The fourth-order valence-corrected chi connectivity index (χ4v) is 5.50. The molecule has 2 aliphatic rings. The average molecular weight is 481 g/mol. The highest BCUT2D eigenvalue weighted by Crippen LogP contribution is 2.42. The van der Waals surface area contributed by atoms with Gasteiger partial charge in [-0.05, 0) is 17.9 Å². The second kappa shape index (κ2) is 7.89. The molecule has 9 heteroatoms. The van der Waals surface area contributed by atoms with Gasteiger partial charge in [-0.25, -0.2) is 13.6 Å². The topological polar surface area (TPSA) is 93.4 Å². The van der Waals surface area contributed by atoms with Gasteiger partial charge in [0.2, 0.25) is 0 Å². The van der Waals surface area contributed by atoms with E-state index in [1.165, 1.54) is 23.4 Å². The molecule has 2 aromatic carbocycles. The molecule has 176 valence electrons. The van der Waals surface area contributed by atoms with Crippen LogP contribution < -0.4 is 4.90 Å². The third-order valence-corrected chi connectivity index (χ3v) is 7.17. The lowest BCUT2D eigenvalue weighted by Gasteiger charge is -2.48. The van der Waals surface area contributed by atoms with Crippen LogP contribution in [-0.4, -0.2) is 51.2 Å². The SMILES string of the molecule is C#Cc1c(F)ccc2cccc(-c3ncc4c(N5C[C@@H]6[C@H]5CCN6C(=O)O)c(C#N)cnc4c3F)c12. The first kappa shape index (κ1) is 21.8. The third kappa shape index (κ3) is 2.93. The third-order valence-electron chi connectivity index (χ3n) is 7.17. The van der Waals surface area contributed by atoms with Gasteiger partial charge in [0.1, 0.15) is 23.1 Å². The Bertz CT molecular complexity index is 1690. The molecule has 4 aromatic rings. The Morgan fingerprint density at radius 2 is 2.00 bits per heavy atom. The number of anilines is 1. The van der Waals surface area contributed by atoms with Crippen molar-refractivity contribution in [3.63, 3.8) is 0 Å². The molecule has 6 rings (SSSR count). The first-order chi connectivity index (χ1) is 17.4. The molecule has 0 radical (unpaired) electrons. The lowest BCUT2D eigenvalue weighted by Crippen LogP contribution is -2.63. The number of terminal acetylenes is 1. The zero-order chi connectivity index (χ0) is 25.1. The van der Waals surface area contributed by atoms with Crippen molar-refractivity contribution in [2.75, 3.05) is 18.0 Å². The van der Waals surface area contributed by atoms with Crippen molar-refractivity contribution in [3.05, 3.63) is 65.5 Å². The Labute approximate surface area is 204 Å². The van der Waals surface area contributed by atoms with Gasteiger partial charge in [0.15, 0.2) is 5.82 Å². The fraction of sp³-hybridized carbons (Fsp3) is 0.185. The second-order valence-electron chi connectivity index (χ2n) is 8.84. The molecule has 2 fully saturated rings. The average Bonchev–Trinajstić information content (AvgIpc) is 3.20. The van der Waals surface area contributed by atoms with Gasteiger partial charge >= 0.3 is 6.09 Å².